The van der Waals surface area contributed by atoms with Crippen molar-refractivity contribution in [1.82, 2.24) is 25.8 Å². The standard InChI is InChI=1S/C26H31FN6O7/c1-14-11-15(5-6-16(14)27)12-28-19(35)17-18(34)21(37)33-13-25(31-24(39)40-4)7-9-26(10-8-25,23(33)29-17)30-20(36)22(38)32(2)3/h5-6,11,17H,7-10,12-13H2,1-4H3,(H,28,35)(H,30,36)(H,31,39). The van der Waals surface area contributed by atoms with Crippen LogP contribution in [0.2, 0.25) is 0 Å². The largest absolute Gasteiger partial charge is 0.453 e. The number of ether oxygens (including phenoxy) is 1. The van der Waals surface area contributed by atoms with Crippen molar-refractivity contribution in [3.63, 3.8) is 0 Å². The molecule has 3 heterocycles. The number of rotatable bonds is 5. The number of hydrogen-bond donors (Lipinski definition) is 3. The number of amidine groups is 1. The summed E-state index contributed by atoms with van der Waals surface area (Å²) in [6, 6.07) is 2.54. The molecule has 3 fully saturated rings. The number of hydrogen-bond acceptors (Lipinski definition) is 8. The average molecular weight is 559 g/mol. The van der Waals surface area contributed by atoms with Crippen LogP contribution in [-0.4, -0.2) is 96.0 Å². The van der Waals surface area contributed by atoms with Gasteiger partial charge in [-0.05, 0) is 49.8 Å². The number of carbonyl (C=O) groups is 6. The van der Waals surface area contributed by atoms with Crippen LogP contribution in [0, 0.1) is 12.7 Å². The molecule has 1 saturated carbocycles. The van der Waals surface area contributed by atoms with Crippen molar-refractivity contribution in [3.05, 3.63) is 35.1 Å². The Morgan fingerprint density at radius 3 is 2.40 bits per heavy atom. The molecule has 4 aliphatic rings. The van der Waals surface area contributed by atoms with Gasteiger partial charge < -0.3 is 25.6 Å². The van der Waals surface area contributed by atoms with E-state index < -0.39 is 58.4 Å². The number of amides is 5. The smallest absolute Gasteiger partial charge is 0.407 e. The highest BCUT2D eigenvalue weighted by Crippen LogP contribution is 2.42. The summed E-state index contributed by atoms with van der Waals surface area (Å²) in [6.07, 6.45) is 0.100. The molecule has 13 nitrogen and oxygen atoms in total. The van der Waals surface area contributed by atoms with Crippen LogP contribution in [0.3, 0.4) is 0 Å². The number of methoxy groups -OCH3 is 1. The minimum Gasteiger partial charge on any atom is -0.453 e. The molecule has 1 atom stereocenters. The van der Waals surface area contributed by atoms with Gasteiger partial charge in [0.1, 0.15) is 11.7 Å². The second kappa shape index (κ2) is 10.7. The topological polar surface area (TPSA) is 167 Å². The summed E-state index contributed by atoms with van der Waals surface area (Å²) in [7, 11) is 4.02. The Balaban J connectivity index is 1.69. The predicted octanol–water partition coefficient (Wildman–Crippen LogP) is -0.446. The van der Waals surface area contributed by atoms with E-state index in [1.165, 1.54) is 33.3 Å². The first-order valence-corrected chi connectivity index (χ1v) is 12.7. The Hall–Kier alpha value is -4.36. The van der Waals surface area contributed by atoms with Crippen LogP contribution in [0.25, 0.3) is 0 Å². The SMILES string of the molecule is COC(=O)NC12CCC(NC(=O)C(=O)N(C)C)(CC1)C1=NC(C(=O)NCc3ccc(F)c(C)c3)C(=O)C(=O)N1C2. The van der Waals surface area contributed by atoms with E-state index in [1.807, 2.05) is 0 Å². The van der Waals surface area contributed by atoms with Crippen molar-refractivity contribution in [2.45, 2.75) is 56.3 Å². The summed E-state index contributed by atoms with van der Waals surface area (Å²) >= 11 is 0. The number of alkyl carbamates (subject to hydrolysis) is 1. The molecule has 0 spiro atoms. The maximum Gasteiger partial charge on any atom is 0.407 e. The molecule has 1 aromatic carbocycles. The van der Waals surface area contributed by atoms with Crippen LogP contribution in [0.4, 0.5) is 9.18 Å². The third-order valence-corrected chi connectivity index (χ3v) is 7.60. The van der Waals surface area contributed by atoms with Gasteiger partial charge in [0.2, 0.25) is 0 Å². The molecular weight excluding hydrogens is 527 g/mol. The normalized spacial score (nSPS) is 25.3. The molecule has 3 aliphatic heterocycles. The first-order valence-electron chi connectivity index (χ1n) is 12.7. The van der Waals surface area contributed by atoms with Crippen molar-refractivity contribution >= 4 is 41.3 Å². The van der Waals surface area contributed by atoms with E-state index in [0.717, 1.165) is 9.80 Å². The summed E-state index contributed by atoms with van der Waals surface area (Å²) in [6.45, 7) is 1.38. The maximum absolute atomic E-state index is 13.6. The Morgan fingerprint density at radius 1 is 1.12 bits per heavy atom. The average Bonchev–Trinajstić information content (AvgIpc) is 3.13. The monoisotopic (exact) mass is 558 g/mol. The molecule has 3 N–H and O–H groups in total. The third-order valence-electron chi connectivity index (χ3n) is 7.60. The molecule has 1 aliphatic carbocycles. The molecule has 1 aromatic rings. The fraction of sp³-hybridized carbons (Fsp3) is 0.500. The van der Waals surface area contributed by atoms with Gasteiger partial charge in [0.05, 0.1) is 24.7 Å². The lowest BCUT2D eigenvalue weighted by Crippen LogP contribution is -2.65. The van der Waals surface area contributed by atoms with E-state index in [-0.39, 0.29) is 44.6 Å². The van der Waals surface area contributed by atoms with Crippen LogP contribution in [-0.2, 0) is 35.3 Å². The van der Waals surface area contributed by atoms with Gasteiger partial charge in [-0.1, -0.05) is 12.1 Å². The molecule has 214 valence electrons. The molecule has 1 unspecified atom stereocenters. The molecule has 5 rings (SSSR count). The van der Waals surface area contributed by atoms with E-state index >= 15 is 0 Å². The van der Waals surface area contributed by atoms with E-state index in [0.29, 0.717) is 11.1 Å². The van der Waals surface area contributed by atoms with Gasteiger partial charge >= 0.3 is 17.9 Å². The summed E-state index contributed by atoms with van der Waals surface area (Å²) in [5.41, 5.74) is -1.40. The predicted molar refractivity (Wildman–Crippen MR) is 137 cm³/mol. The zero-order chi connectivity index (χ0) is 29.4. The number of fused-ring (bicyclic) bond motifs is 2. The number of carbonyl (C=O) groups excluding carboxylic acids is 6. The summed E-state index contributed by atoms with van der Waals surface area (Å²) in [5, 5.41) is 8.03. The molecule has 2 saturated heterocycles. The minimum atomic E-state index is -1.74. The third kappa shape index (κ3) is 5.25. The van der Waals surface area contributed by atoms with Gasteiger partial charge in [0.25, 0.3) is 17.6 Å². The van der Waals surface area contributed by atoms with Crippen molar-refractivity contribution in [1.29, 1.82) is 0 Å². The summed E-state index contributed by atoms with van der Waals surface area (Å²) < 4.78 is 18.4. The molecule has 5 amide bonds. The number of ketones is 1. The zero-order valence-corrected chi connectivity index (χ0v) is 22.6. The van der Waals surface area contributed by atoms with E-state index in [4.69, 9.17) is 4.74 Å². The van der Waals surface area contributed by atoms with Crippen LogP contribution >= 0.6 is 0 Å². The second-order valence-electron chi connectivity index (χ2n) is 10.5. The highest BCUT2D eigenvalue weighted by Gasteiger charge is 2.58. The van der Waals surface area contributed by atoms with Gasteiger partial charge in [-0.3, -0.25) is 28.9 Å². The van der Waals surface area contributed by atoms with Crippen molar-refractivity contribution in [2.24, 2.45) is 4.99 Å². The highest BCUT2D eigenvalue weighted by molar-refractivity contribution is 6.46. The Bertz CT molecular complexity index is 1320. The first kappa shape index (κ1) is 28.6. The van der Waals surface area contributed by atoms with Crippen LogP contribution in [0.5, 0.6) is 0 Å². The van der Waals surface area contributed by atoms with Crippen molar-refractivity contribution < 1.29 is 37.9 Å². The van der Waals surface area contributed by atoms with E-state index in [9.17, 15) is 33.2 Å². The minimum absolute atomic E-state index is 0.0270. The van der Waals surface area contributed by atoms with Gasteiger partial charge in [-0.25, -0.2) is 14.2 Å². The molecule has 40 heavy (non-hydrogen) atoms. The number of benzene rings is 1. The fourth-order valence-electron chi connectivity index (χ4n) is 5.33. The Labute approximate surface area is 229 Å². The van der Waals surface area contributed by atoms with Gasteiger partial charge in [-0.2, -0.15) is 0 Å². The van der Waals surface area contributed by atoms with Gasteiger partial charge in [0.15, 0.2) is 6.04 Å². The number of halogens is 1. The van der Waals surface area contributed by atoms with Crippen LogP contribution in [0.15, 0.2) is 23.2 Å². The molecule has 14 heteroatoms. The van der Waals surface area contributed by atoms with Crippen molar-refractivity contribution in [2.75, 3.05) is 27.7 Å². The number of nitrogens with zero attached hydrogens (tertiary/aromatic N) is 3. The quantitative estimate of drug-likeness (QED) is 0.325. The molecule has 0 aromatic heterocycles. The Morgan fingerprint density at radius 2 is 1.80 bits per heavy atom. The van der Waals surface area contributed by atoms with Crippen LogP contribution < -0.4 is 16.0 Å². The maximum atomic E-state index is 13.6. The summed E-state index contributed by atoms with van der Waals surface area (Å²) in [4.78, 5) is 83.6. The summed E-state index contributed by atoms with van der Waals surface area (Å²) in [5.74, 6) is -5.17. The van der Waals surface area contributed by atoms with E-state index in [1.54, 1.807) is 13.0 Å². The number of nitrogens with one attached hydrogen (secondary N) is 3. The highest BCUT2D eigenvalue weighted by atomic mass is 19.1. The zero-order valence-electron chi connectivity index (χ0n) is 22.6. The number of aryl methyl sites for hydroxylation is 1. The van der Waals surface area contributed by atoms with Crippen LogP contribution in [0.1, 0.15) is 36.8 Å². The number of likely N-dealkylation sites (N-methyl/N-ethyl adjacent to an activating group) is 1. The fourth-order valence-corrected chi connectivity index (χ4v) is 5.33. The number of Topliss-reactive ketones (excluding diaryl/α,β-unsaturated/α-hetero) is 1. The van der Waals surface area contributed by atoms with Gasteiger partial charge in [0, 0.05) is 20.6 Å². The van der Waals surface area contributed by atoms with Gasteiger partial charge in [-0.15, -0.1) is 0 Å². The lowest BCUT2D eigenvalue weighted by molar-refractivity contribution is -0.146. The lowest BCUT2D eigenvalue weighted by Gasteiger charge is -2.42. The molecular formula is C26H31FN6O7. The lowest BCUT2D eigenvalue weighted by atomic mass is 9.73. The van der Waals surface area contributed by atoms with Crippen molar-refractivity contribution in [3.8, 4) is 0 Å². The van der Waals surface area contributed by atoms with E-state index in [2.05, 4.69) is 20.9 Å². The number of aliphatic imine (C=N–C) groups is 1. The molecule has 0 radical (unpaired) electrons. The second-order valence-corrected chi connectivity index (χ2v) is 10.5. The molecule has 2 bridgehead atoms. The first-order chi connectivity index (χ1) is 18.8. The Kier molecular flexibility index (Phi) is 7.63.